The van der Waals surface area contributed by atoms with Crippen LogP contribution in [0.5, 0.6) is 5.75 Å². The summed E-state index contributed by atoms with van der Waals surface area (Å²) < 4.78 is 11.4. The van der Waals surface area contributed by atoms with Gasteiger partial charge in [0.2, 0.25) is 5.89 Å². The van der Waals surface area contributed by atoms with Crippen molar-refractivity contribution in [3.63, 3.8) is 0 Å². The average molecular weight is 501 g/mol. The van der Waals surface area contributed by atoms with E-state index in [9.17, 15) is 4.79 Å². The van der Waals surface area contributed by atoms with Gasteiger partial charge in [0.1, 0.15) is 5.75 Å². The molecular formula is C23H18Cl2N4O3S. The molecule has 0 aliphatic rings. The predicted octanol–water partition coefficient (Wildman–Crippen LogP) is 5.79. The van der Waals surface area contributed by atoms with E-state index >= 15 is 0 Å². The zero-order chi connectivity index (χ0) is 23.5. The summed E-state index contributed by atoms with van der Waals surface area (Å²) in [5, 5.41) is 6.57. The monoisotopic (exact) mass is 500 g/mol. The number of halogens is 2. The van der Waals surface area contributed by atoms with Crippen LogP contribution in [-0.2, 0) is 4.79 Å². The lowest BCUT2D eigenvalue weighted by molar-refractivity contribution is -0.125. The summed E-state index contributed by atoms with van der Waals surface area (Å²) >= 11 is 17.3. The van der Waals surface area contributed by atoms with Crippen LogP contribution in [0.1, 0.15) is 12.5 Å². The summed E-state index contributed by atoms with van der Waals surface area (Å²) in [6.07, 6.45) is 0.831. The van der Waals surface area contributed by atoms with Gasteiger partial charge in [-0.15, -0.1) is 0 Å². The third kappa shape index (κ3) is 5.42. The molecule has 2 N–H and O–H groups in total. The first-order valence-corrected chi connectivity index (χ1v) is 11.0. The summed E-state index contributed by atoms with van der Waals surface area (Å²) in [5.74, 6) is 0.399. The molecule has 0 aliphatic carbocycles. The highest BCUT2D eigenvalue weighted by molar-refractivity contribution is 7.80. The van der Waals surface area contributed by atoms with E-state index in [1.807, 2.05) is 31.2 Å². The second-order valence-electron chi connectivity index (χ2n) is 7.15. The van der Waals surface area contributed by atoms with Crippen LogP contribution in [0, 0.1) is 6.92 Å². The number of amides is 1. The molecule has 0 bridgehead atoms. The van der Waals surface area contributed by atoms with Crippen LogP contribution in [0.25, 0.3) is 22.7 Å². The summed E-state index contributed by atoms with van der Waals surface area (Å²) in [7, 11) is 0. The van der Waals surface area contributed by atoms with E-state index in [4.69, 9.17) is 44.6 Å². The first-order chi connectivity index (χ1) is 15.8. The first kappa shape index (κ1) is 23.0. The molecular weight excluding hydrogens is 483 g/mol. The molecule has 10 heteroatoms. The molecule has 2 aromatic carbocycles. The molecule has 0 fully saturated rings. The van der Waals surface area contributed by atoms with Crippen molar-refractivity contribution in [2.45, 2.75) is 20.0 Å². The van der Waals surface area contributed by atoms with Gasteiger partial charge in [-0.3, -0.25) is 10.1 Å². The molecule has 0 radical (unpaired) electrons. The molecule has 7 nitrogen and oxygen atoms in total. The number of pyridine rings is 1. The molecule has 4 rings (SSSR count). The lowest BCUT2D eigenvalue weighted by atomic mass is 10.1. The normalized spacial score (nSPS) is 11.8. The minimum atomic E-state index is -0.834. The van der Waals surface area contributed by atoms with Crippen molar-refractivity contribution in [1.29, 1.82) is 0 Å². The Balaban J connectivity index is 1.39. The van der Waals surface area contributed by atoms with Crippen LogP contribution in [0.4, 0.5) is 5.69 Å². The van der Waals surface area contributed by atoms with Gasteiger partial charge in [-0.25, -0.2) is 4.98 Å². The summed E-state index contributed by atoms with van der Waals surface area (Å²) in [5.41, 5.74) is 3.58. The van der Waals surface area contributed by atoms with Gasteiger partial charge in [-0.2, -0.15) is 4.98 Å². The Bertz CT molecular complexity index is 1330. The van der Waals surface area contributed by atoms with Gasteiger partial charge >= 0.3 is 0 Å². The fraction of sp³-hybridized carbons (Fsp3) is 0.130. The second kappa shape index (κ2) is 9.74. The van der Waals surface area contributed by atoms with Crippen molar-refractivity contribution in [2.75, 3.05) is 5.32 Å². The number of hydrogen-bond acceptors (Lipinski definition) is 6. The summed E-state index contributed by atoms with van der Waals surface area (Å²) in [6, 6.07) is 14.0. The minimum Gasteiger partial charge on any atom is -0.479 e. The van der Waals surface area contributed by atoms with E-state index < -0.39 is 12.0 Å². The Hall–Kier alpha value is -3.20. The van der Waals surface area contributed by atoms with Crippen molar-refractivity contribution in [1.82, 2.24) is 15.3 Å². The van der Waals surface area contributed by atoms with E-state index in [2.05, 4.69) is 20.6 Å². The Morgan fingerprint density at radius 2 is 2.00 bits per heavy atom. The number of aromatic nitrogens is 2. The van der Waals surface area contributed by atoms with Crippen LogP contribution in [-0.4, -0.2) is 27.1 Å². The SMILES string of the molecule is Cc1cc(-c2nc3ncccc3o2)ccc1NC(=S)NC(=O)C(C)Oc1ccc(Cl)cc1Cl. The highest BCUT2D eigenvalue weighted by atomic mass is 35.5. The number of aryl methyl sites for hydroxylation is 1. The van der Waals surface area contributed by atoms with Gasteiger partial charge in [0.25, 0.3) is 5.91 Å². The molecule has 33 heavy (non-hydrogen) atoms. The number of thiocarbonyl (C=S) groups is 1. The fourth-order valence-electron chi connectivity index (χ4n) is 3.01. The predicted molar refractivity (Wildman–Crippen MR) is 133 cm³/mol. The standard InChI is InChI=1S/C23H18Cl2N4O3S/c1-12-10-14(22-28-20-19(32-22)4-3-9-26-20)5-7-17(12)27-23(33)29-21(30)13(2)31-18-8-6-15(24)11-16(18)25/h3-11,13H,1-2H3,(H2,27,29,30,33). The fourth-order valence-corrected chi connectivity index (χ4v) is 3.67. The van der Waals surface area contributed by atoms with E-state index in [1.165, 1.54) is 0 Å². The second-order valence-corrected chi connectivity index (χ2v) is 8.40. The van der Waals surface area contributed by atoms with Gasteiger partial charge in [-0.1, -0.05) is 23.2 Å². The number of carbonyl (C=O) groups excluding carboxylic acids is 1. The average Bonchev–Trinajstić information content (AvgIpc) is 3.21. The molecule has 0 spiro atoms. The van der Waals surface area contributed by atoms with Gasteiger partial charge in [0, 0.05) is 22.5 Å². The molecule has 168 valence electrons. The van der Waals surface area contributed by atoms with E-state index in [-0.39, 0.29) is 5.11 Å². The van der Waals surface area contributed by atoms with Gasteiger partial charge < -0.3 is 14.5 Å². The minimum absolute atomic E-state index is 0.138. The smallest absolute Gasteiger partial charge is 0.266 e. The number of carbonyl (C=O) groups is 1. The maximum absolute atomic E-state index is 12.5. The number of ether oxygens (including phenoxy) is 1. The molecule has 2 heterocycles. The number of nitrogens with zero attached hydrogens (tertiary/aromatic N) is 2. The Morgan fingerprint density at radius 3 is 2.73 bits per heavy atom. The number of hydrogen-bond donors (Lipinski definition) is 2. The van der Waals surface area contributed by atoms with Gasteiger partial charge in [0.05, 0.1) is 5.02 Å². The number of anilines is 1. The van der Waals surface area contributed by atoms with Crippen molar-refractivity contribution >= 4 is 63.4 Å². The summed E-state index contributed by atoms with van der Waals surface area (Å²) in [6.45, 7) is 3.50. The van der Waals surface area contributed by atoms with E-state index in [0.29, 0.717) is 32.9 Å². The van der Waals surface area contributed by atoms with E-state index in [0.717, 1.165) is 16.8 Å². The van der Waals surface area contributed by atoms with Crippen LogP contribution < -0.4 is 15.4 Å². The number of rotatable bonds is 5. The van der Waals surface area contributed by atoms with Crippen molar-refractivity contribution < 1.29 is 13.9 Å². The van der Waals surface area contributed by atoms with Crippen LogP contribution >= 0.6 is 35.4 Å². The van der Waals surface area contributed by atoms with Gasteiger partial charge in [-0.05, 0) is 80.2 Å². The maximum atomic E-state index is 12.5. The highest BCUT2D eigenvalue weighted by Gasteiger charge is 2.18. The van der Waals surface area contributed by atoms with Gasteiger partial charge in [0.15, 0.2) is 22.4 Å². The molecule has 2 aromatic heterocycles. The van der Waals surface area contributed by atoms with Crippen LogP contribution in [0.2, 0.25) is 10.0 Å². The molecule has 1 amide bonds. The zero-order valence-corrected chi connectivity index (χ0v) is 19.9. The van der Waals surface area contributed by atoms with Crippen molar-refractivity contribution in [3.8, 4) is 17.2 Å². The molecule has 4 aromatic rings. The number of oxazole rings is 1. The summed E-state index contributed by atoms with van der Waals surface area (Å²) in [4.78, 5) is 21.1. The van der Waals surface area contributed by atoms with E-state index in [1.54, 1.807) is 37.4 Å². The number of nitrogens with one attached hydrogen (secondary N) is 2. The topological polar surface area (TPSA) is 89.3 Å². The largest absolute Gasteiger partial charge is 0.479 e. The Kier molecular flexibility index (Phi) is 6.78. The van der Waals surface area contributed by atoms with Crippen molar-refractivity contribution in [2.24, 2.45) is 0 Å². The van der Waals surface area contributed by atoms with Crippen LogP contribution in [0.15, 0.2) is 59.1 Å². The Labute approximate surface area is 205 Å². The molecule has 0 saturated carbocycles. The quantitative estimate of drug-likeness (QED) is 0.335. The zero-order valence-electron chi connectivity index (χ0n) is 17.6. The lowest BCUT2D eigenvalue weighted by Gasteiger charge is -2.17. The number of benzene rings is 2. The Morgan fingerprint density at radius 1 is 1.18 bits per heavy atom. The molecule has 0 aliphatic heterocycles. The molecule has 1 atom stereocenters. The first-order valence-electron chi connectivity index (χ1n) is 9.86. The molecule has 1 unspecified atom stereocenters. The lowest BCUT2D eigenvalue weighted by Crippen LogP contribution is -2.42. The third-order valence-electron chi connectivity index (χ3n) is 4.69. The maximum Gasteiger partial charge on any atom is 0.266 e. The number of fused-ring (bicyclic) bond motifs is 1. The third-order valence-corrected chi connectivity index (χ3v) is 5.42. The van der Waals surface area contributed by atoms with Crippen LogP contribution in [0.3, 0.4) is 0 Å². The molecule has 0 saturated heterocycles. The van der Waals surface area contributed by atoms with Crippen molar-refractivity contribution in [3.05, 3.63) is 70.3 Å². The highest BCUT2D eigenvalue weighted by Crippen LogP contribution is 2.29.